The minimum absolute atomic E-state index is 0.591. The summed E-state index contributed by atoms with van der Waals surface area (Å²) in [6, 6.07) is 10.7. The number of hydrogen-bond acceptors (Lipinski definition) is 1. The van der Waals surface area contributed by atoms with Crippen molar-refractivity contribution in [3.05, 3.63) is 70.4 Å². The molecule has 0 atom stereocenters. The van der Waals surface area contributed by atoms with E-state index in [-0.39, 0.29) is 0 Å². The number of rotatable bonds is 2. The van der Waals surface area contributed by atoms with Crippen LogP contribution in [-0.4, -0.2) is 0 Å². The standard InChI is InChI=1S/C16H12N2O/c1-11-5-7-14(10-15(11)18-4)19-16-8-6-13(17-3)9-12(16)2/h5-10H,1-2H3. The van der Waals surface area contributed by atoms with Crippen molar-refractivity contribution in [2.45, 2.75) is 13.8 Å². The molecule has 0 aromatic heterocycles. The van der Waals surface area contributed by atoms with E-state index in [2.05, 4.69) is 9.69 Å². The van der Waals surface area contributed by atoms with Crippen molar-refractivity contribution in [1.29, 1.82) is 0 Å². The Balaban J connectivity index is 2.32. The molecular weight excluding hydrogens is 236 g/mol. The second-order valence-corrected chi connectivity index (χ2v) is 4.22. The smallest absolute Gasteiger partial charge is 0.193 e. The molecule has 0 saturated heterocycles. The van der Waals surface area contributed by atoms with Crippen LogP contribution in [0.25, 0.3) is 9.69 Å². The van der Waals surface area contributed by atoms with Crippen LogP contribution in [0, 0.1) is 27.0 Å². The Morgan fingerprint density at radius 1 is 0.895 bits per heavy atom. The minimum Gasteiger partial charge on any atom is -0.459 e. The average Bonchev–Trinajstić information content (AvgIpc) is 2.43. The van der Waals surface area contributed by atoms with Gasteiger partial charge >= 0.3 is 0 Å². The van der Waals surface area contributed by atoms with Crippen LogP contribution in [0.5, 0.6) is 11.5 Å². The van der Waals surface area contributed by atoms with Crippen LogP contribution in [0.4, 0.5) is 11.4 Å². The molecule has 0 radical (unpaired) electrons. The molecule has 19 heavy (non-hydrogen) atoms. The van der Waals surface area contributed by atoms with Gasteiger partial charge in [0, 0.05) is 0 Å². The fourth-order valence-corrected chi connectivity index (χ4v) is 1.72. The molecule has 2 rings (SSSR count). The third-order valence-electron chi connectivity index (χ3n) is 2.82. The summed E-state index contributed by atoms with van der Waals surface area (Å²) in [7, 11) is 0. The lowest BCUT2D eigenvalue weighted by Crippen LogP contribution is -1.87. The zero-order valence-electron chi connectivity index (χ0n) is 10.8. The Labute approximate surface area is 112 Å². The Kier molecular flexibility index (Phi) is 3.50. The van der Waals surface area contributed by atoms with E-state index >= 15 is 0 Å². The highest BCUT2D eigenvalue weighted by molar-refractivity contribution is 5.57. The number of hydrogen-bond donors (Lipinski definition) is 0. The van der Waals surface area contributed by atoms with Crippen molar-refractivity contribution in [1.82, 2.24) is 0 Å². The largest absolute Gasteiger partial charge is 0.459 e. The van der Waals surface area contributed by atoms with Gasteiger partial charge in [-0.3, -0.25) is 0 Å². The molecule has 0 N–H and O–H groups in total. The molecule has 2 aromatic carbocycles. The van der Waals surface area contributed by atoms with E-state index in [0.717, 1.165) is 11.1 Å². The normalized spacial score (nSPS) is 9.47. The monoisotopic (exact) mass is 248 g/mol. The van der Waals surface area contributed by atoms with Gasteiger partial charge in [-0.05, 0) is 49.2 Å². The maximum Gasteiger partial charge on any atom is 0.193 e. The zero-order valence-corrected chi connectivity index (χ0v) is 10.8. The number of benzene rings is 2. The molecule has 0 unspecified atom stereocenters. The second kappa shape index (κ2) is 5.25. The number of ether oxygens (including phenoxy) is 1. The summed E-state index contributed by atoms with van der Waals surface area (Å²) in [4.78, 5) is 6.83. The van der Waals surface area contributed by atoms with Gasteiger partial charge in [0.25, 0.3) is 0 Å². The van der Waals surface area contributed by atoms with Crippen molar-refractivity contribution in [2.75, 3.05) is 0 Å². The lowest BCUT2D eigenvalue weighted by atomic mass is 10.2. The van der Waals surface area contributed by atoms with Crippen molar-refractivity contribution in [3.8, 4) is 11.5 Å². The lowest BCUT2D eigenvalue weighted by Gasteiger charge is -2.10. The molecule has 0 aliphatic rings. The molecule has 0 saturated carbocycles. The summed E-state index contributed by atoms with van der Waals surface area (Å²) >= 11 is 0. The van der Waals surface area contributed by atoms with E-state index in [4.69, 9.17) is 17.9 Å². The molecule has 0 amide bonds. The van der Waals surface area contributed by atoms with Gasteiger partial charge in [-0.15, -0.1) is 0 Å². The van der Waals surface area contributed by atoms with Crippen LogP contribution in [0.1, 0.15) is 11.1 Å². The van der Waals surface area contributed by atoms with Gasteiger partial charge in [-0.1, -0.05) is 12.1 Å². The van der Waals surface area contributed by atoms with Crippen LogP contribution in [0.2, 0.25) is 0 Å². The fraction of sp³-hybridized carbons (Fsp3) is 0.125. The Morgan fingerprint density at radius 2 is 1.68 bits per heavy atom. The number of nitrogens with zero attached hydrogens (tertiary/aromatic N) is 2. The van der Waals surface area contributed by atoms with Crippen molar-refractivity contribution in [3.63, 3.8) is 0 Å². The summed E-state index contributed by atoms with van der Waals surface area (Å²) in [6.45, 7) is 17.8. The number of aryl methyl sites for hydroxylation is 2. The summed E-state index contributed by atoms with van der Waals surface area (Å²) in [5.41, 5.74) is 3.02. The van der Waals surface area contributed by atoms with Crippen LogP contribution in [-0.2, 0) is 0 Å². The highest BCUT2D eigenvalue weighted by Gasteiger charge is 2.05. The lowest BCUT2D eigenvalue weighted by molar-refractivity contribution is 0.479. The molecule has 0 aliphatic heterocycles. The van der Waals surface area contributed by atoms with Crippen LogP contribution >= 0.6 is 0 Å². The SMILES string of the molecule is [C-]#[N+]c1ccc(Oc2ccc(C)c([N+]#[C-])c2)c(C)c1. The van der Waals surface area contributed by atoms with Gasteiger partial charge in [0.1, 0.15) is 11.5 Å². The van der Waals surface area contributed by atoms with Crippen molar-refractivity contribution >= 4 is 11.4 Å². The maximum absolute atomic E-state index is 7.09. The van der Waals surface area contributed by atoms with Crippen LogP contribution in [0.15, 0.2) is 36.4 Å². The van der Waals surface area contributed by atoms with Gasteiger partial charge in [-0.2, -0.15) is 0 Å². The maximum atomic E-state index is 7.09. The predicted octanol–water partition coefficient (Wildman–Crippen LogP) is 5.20. The summed E-state index contributed by atoms with van der Waals surface area (Å²) in [5.74, 6) is 1.34. The minimum atomic E-state index is 0.591. The first kappa shape index (κ1) is 12.7. The van der Waals surface area contributed by atoms with E-state index in [1.54, 1.807) is 24.3 Å². The summed E-state index contributed by atoms with van der Waals surface area (Å²) in [5, 5.41) is 0. The van der Waals surface area contributed by atoms with E-state index in [1.807, 2.05) is 26.0 Å². The average molecular weight is 248 g/mol. The van der Waals surface area contributed by atoms with Gasteiger partial charge < -0.3 is 4.74 Å². The molecule has 0 bridgehead atoms. The van der Waals surface area contributed by atoms with Gasteiger partial charge in [0.05, 0.1) is 13.1 Å². The molecule has 0 spiro atoms. The molecule has 92 valence electrons. The zero-order chi connectivity index (χ0) is 13.8. The first-order valence-corrected chi connectivity index (χ1v) is 5.78. The Morgan fingerprint density at radius 3 is 2.32 bits per heavy atom. The molecule has 0 heterocycles. The fourth-order valence-electron chi connectivity index (χ4n) is 1.72. The molecule has 0 aliphatic carbocycles. The first-order valence-electron chi connectivity index (χ1n) is 5.78. The third-order valence-corrected chi connectivity index (χ3v) is 2.82. The van der Waals surface area contributed by atoms with E-state index in [0.29, 0.717) is 22.9 Å². The molecule has 0 fully saturated rings. The van der Waals surface area contributed by atoms with Crippen molar-refractivity contribution in [2.24, 2.45) is 0 Å². The van der Waals surface area contributed by atoms with Crippen LogP contribution < -0.4 is 4.74 Å². The highest BCUT2D eigenvalue weighted by Crippen LogP contribution is 2.31. The van der Waals surface area contributed by atoms with Gasteiger partial charge in [-0.25, -0.2) is 9.69 Å². The predicted molar refractivity (Wildman–Crippen MR) is 75.0 cm³/mol. The first-order chi connectivity index (χ1) is 9.13. The van der Waals surface area contributed by atoms with Gasteiger partial charge in [0.2, 0.25) is 0 Å². The highest BCUT2D eigenvalue weighted by atomic mass is 16.5. The van der Waals surface area contributed by atoms with E-state index in [9.17, 15) is 0 Å². The summed E-state index contributed by atoms with van der Waals surface area (Å²) < 4.78 is 5.76. The Bertz CT molecular complexity index is 706. The van der Waals surface area contributed by atoms with E-state index < -0.39 is 0 Å². The van der Waals surface area contributed by atoms with Gasteiger partial charge in [0.15, 0.2) is 11.4 Å². The van der Waals surface area contributed by atoms with Crippen molar-refractivity contribution < 1.29 is 4.74 Å². The molecule has 3 nitrogen and oxygen atoms in total. The quantitative estimate of drug-likeness (QED) is 0.668. The van der Waals surface area contributed by atoms with E-state index in [1.165, 1.54) is 0 Å². The topological polar surface area (TPSA) is 17.9 Å². The third kappa shape index (κ3) is 2.73. The molecule has 3 heteroatoms. The van der Waals surface area contributed by atoms with Crippen LogP contribution in [0.3, 0.4) is 0 Å². The Hall–Kier alpha value is -2.78. The summed E-state index contributed by atoms with van der Waals surface area (Å²) in [6.07, 6.45) is 0. The second-order valence-electron chi connectivity index (χ2n) is 4.22. The molecular formula is C16H12N2O. The molecule has 2 aromatic rings.